The lowest BCUT2D eigenvalue weighted by molar-refractivity contribution is 0.0949. The second-order valence-corrected chi connectivity index (χ2v) is 6.56. The van der Waals surface area contributed by atoms with E-state index in [-0.39, 0.29) is 5.91 Å². The van der Waals surface area contributed by atoms with E-state index in [9.17, 15) is 4.79 Å². The number of rotatable bonds is 7. The van der Waals surface area contributed by atoms with Crippen molar-refractivity contribution in [2.75, 3.05) is 19.0 Å². The predicted octanol–water partition coefficient (Wildman–Crippen LogP) is 3.20. The number of amides is 1. The van der Waals surface area contributed by atoms with E-state index in [0.717, 1.165) is 24.2 Å². The number of hydrogen-bond donors (Lipinski definition) is 2. The molecule has 6 nitrogen and oxygen atoms in total. The van der Waals surface area contributed by atoms with Crippen LogP contribution < -0.4 is 15.4 Å². The lowest BCUT2D eigenvalue weighted by Gasteiger charge is -2.22. The van der Waals surface area contributed by atoms with Gasteiger partial charge in [0.25, 0.3) is 5.91 Å². The average molecular weight is 354 g/mol. The number of carbonyl (C=O) groups is 1. The molecule has 1 amide bonds. The van der Waals surface area contributed by atoms with Gasteiger partial charge in [0.2, 0.25) is 5.95 Å². The Morgan fingerprint density at radius 1 is 1.19 bits per heavy atom. The Morgan fingerprint density at radius 2 is 2.00 bits per heavy atom. The molecule has 6 heteroatoms. The summed E-state index contributed by atoms with van der Waals surface area (Å²) in [7, 11) is 1.65. The van der Waals surface area contributed by atoms with Gasteiger partial charge >= 0.3 is 0 Å². The minimum absolute atomic E-state index is 0.186. The zero-order valence-electron chi connectivity index (χ0n) is 15.2. The van der Waals surface area contributed by atoms with Crippen LogP contribution in [0.2, 0.25) is 0 Å². The molecule has 3 rings (SSSR count). The Labute approximate surface area is 154 Å². The SMILES string of the molecule is COc1ccccc1CCNC(=O)c1ccnc(NC2CCCCC2)n1. The van der Waals surface area contributed by atoms with Crippen LogP contribution in [-0.2, 0) is 6.42 Å². The lowest BCUT2D eigenvalue weighted by Crippen LogP contribution is -2.28. The molecule has 1 aliphatic rings. The Bertz CT molecular complexity index is 729. The molecular weight excluding hydrogens is 328 g/mol. The van der Waals surface area contributed by atoms with Crippen LogP contribution >= 0.6 is 0 Å². The van der Waals surface area contributed by atoms with E-state index in [1.165, 1.54) is 19.3 Å². The summed E-state index contributed by atoms with van der Waals surface area (Å²) in [5.74, 6) is 1.19. The van der Waals surface area contributed by atoms with Gasteiger partial charge < -0.3 is 15.4 Å². The van der Waals surface area contributed by atoms with Crippen molar-refractivity contribution in [2.45, 2.75) is 44.6 Å². The number of nitrogens with one attached hydrogen (secondary N) is 2. The molecule has 1 saturated carbocycles. The Hall–Kier alpha value is -2.63. The van der Waals surface area contributed by atoms with Gasteiger partial charge in [0.05, 0.1) is 7.11 Å². The third-order valence-corrected chi connectivity index (χ3v) is 4.70. The van der Waals surface area contributed by atoms with Crippen molar-refractivity contribution in [2.24, 2.45) is 0 Å². The zero-order chi connectivity index (χ0) is 18.2. The molecule has 0 radical (unpaired) electrons. The Balaban J connectivity index is 1.53. The number of carbonyl (C=O) groups excluding carboxylic acids is 1. The van der Waals surface area contributed by atoms with E-state index in [4.69, 9.17) is 4.74 Å². The molecule has 0 atom stereocenters. The molecule has 138 valence electrons. The fourth-order valence-corrected chi connectivity index (χ4v) is 3.29. The van der Waals surface area contributed by atoms with Crippen molar-refractivity contribution in [1.29, 1.82) is 0 Å². The van der Waals surface area contributed by atoms with Gasteiger partial charge in [0.1, 0.15) is 11.4 Å². The first kappa shape index (κ1) is 18.2. The maximum Gasteiger partial charge on any atom is 0.270 e. The van der Waals surface area contributed by atoms with Gasteiger partial charge in [-0.3, -0.25) is 4.79 Å². The molecule has 0 aliphatic heterocycles. The van der Waals surface area contributed by atoms with Gasteiger partial charge in [-0.2, -0.15) is 0 Å². The van der Waals surface area contributed by atoms with Crippen LogP contribution in [0, 0.1) is 0 Å². The number of ether oxygens (including phenoxy) is 1. The largest absolute Gasteiger partial charge is 0.496 e. The highest BCUT2D eigenvalue weighted by molar-refractivity contribution is 5.92. The maximum absolute atomic E-state index is 12.4. The van der Waals surface area contributed by atoms with Crippen LogP contribution in [0.5, 0.6) is 5.75 Å². The highest BCUT2D eigenvalue weighted by atomic mass is 16.5. The molecule has 1 aliphatic carbocycles. The number of benzene rings is 1. The van der Waals surface area contributed by atoms with E-state index < -0.39 is 0 Å². The van der Waals surface area contributed by atoms with E-state index >= 15 is 0 Å². The molecule has 2 N–H and O–H groups in total. The van der Waals surface area contributed by atoms with Crippen LogP contribution in [0.15, 0.2) is 36.5 Å². The summed E-state index contributed by atoms with van der Waals surface area (Å²) in [6, 6.07) is 9.88. The average Bonchev–Trinajstić information content (AvgIpc) is 2.69. The molecular formula is C20H26N4O2. The van der Waals surface area contributed by atoms with Crippen molar-refractivity contribution in [3.05, 3.63) is 47.8 Å². The van der Waals surface area contributed by atoms with Crippen LogP contribution in [0.3, 0.4) is 0 Å². The van der Waals surface area contributed by atoms with Crippen LogP contribution in [0.4, 0.5) is 5.95 Å². The fraction of sp³-hybridized carbons (Fsp3) is 0.450. The summed E-state index contributed by atoms with van der Waals surface area (Å²) in [6.45, 7) is 0.522. The first-order chi connectivity index (χ1) is 12.8. The number of para-hydroxylation sites is 1. The third kappa shape index (κ3) is 4.94. The molecule has 1 aromatic heterocycles. The van der Waals surface area contributed by atoms with E-state index in [2.05, 4.69) is 20.6 Å². The normalized spacial score (nSPS) is 14.7. The van der Waals surface area contributed by atoms with Crippen molar-refractivity contribution in [1.82, 2.24) is 15.3 Å². The maximum atomic E-state index is 12.4. The van der Waals surface area contributed by atoms with Crippen molar-refractivity contribution < 1.29 is 9.53 Å². The zero-order valence-corrected chi connectivity index (χ0v) is 15.2. The van der Waals surface area contributed by atoms with Crippen LogP contribution in [0.1, 0.15) is 48.2 Å². The number of nitrogens with zero attached hydrogens (tertiary/aromatic N) is 2. The third-order valence-electron chi connectivity index (χ3n) is 4.70. The van der Waals surface area contributed by atoms with Crippen molar-refractivity contribution in [3.63, 3.8) is 0 Å². The molecule has 0 spiro atoms. The van der Waals surface area contributed by atoms with Gasteiger partial charge in [-0.05, 0) is 37.0 Å². The summed E-state index contributed by atoms with van der Waals surface area (Å²) in [4.78, 5) is 21.0. The predicted molar refractivity (Wildman–Crippen MR) is 102 cm³/mol. The Morgan fingerprint density at radius 3 is 2.81 bits per heavy atom. The highest BCUT2D eigenvalue weighted by Crippen LogP contribution is 2.20. The molecule has 1 fully saturated rings. The fourth-order valence-electron chi connectivity index (χ4n) is 3.29. The van der Waals surface area contributed by atoms with E-state index in [1.807, 2.05) is 24.3 Å². The van der Waals surface area contributed by atoms with Crippen LogP contribution in [-0.4, -0.2) is 35.6 Å². The molecule has 0 bridgehead atoms. The summed E-state index contributed by atoms with van der Waals surface area (Å²) >= 11 is 0. The molecule has 1 aromatic carbocycles. The molecule has 26 heavy (non-hydrogen) atoms. The summed E-state index contributed by atoms with van der Waals surface area (Å²) in [5, 5.41) is 6.27. The second-order valence-electron chi connectivity index (χ2n) is 6.56. The summed E-state index contributed by atoms with van der Waals surface area (Å²) < 4.78 is 5.33. The number of anilines is 1. The molecule has 1 heterocycles. The van der Waals surface area contributed by atoms with E-state index in [1.54, 1.807) is 19.4 Å². The quantitative estimate of drug-likeness (QED) is 0.798. The van der Waals surface area contributed by atoms with Gasteiger partial charge in [-0.15, -0.1) is 0 Å². The lowest BCUT2D eigenvalue weighted by atomic mass is 9.96. The van der Waals surface area contributed by atoms with E-state index in [0.29, 0.717) is 30.6 Å². The topological polar surface area (TPSA) is 76.1 Å². The summed E-state index contributed by atoms with van der Waals surface area (Å²) in [6.07, 6.45) is 8.38. The molecule has 2 aromatic rings. The van der Waals surface area contributed by atoms with Gasteiger partial charge in [0, 0.05) is 18.8 Å². The highest BCUT2D eigenvalue weighted by Gasteiger charge is 2.15. The number of aromatic nitrogens is 2. The second kappa shape index (κ2) is 9.17. The summed E-state index contributed by atoms with van der Waals surface area (Å²) in [5.41, 5.74) is 1.45. The minimum Gasteiger partial charge on any atom is -0.496 e. The van der Waals surface area contributed by atoms with Gasteiger partial charge in [-0.1, -0.05) is 37.5 Å². The number of hydrogen-bond acceptors (Lipinski definition) is 5. The standard InChI is InChI=1S/C20H26N4O2/c1-26-18-10-6-5-7-15(18)11-13-21-19(25)17-12-14-22-20(24-17)23-16-8-3-2-4-9-16/h5-7,10,12,14,16H,2-4,8-9,11,13H2,1H3,(H,21,25)(H,22,23,24). The molecule has 0 unspecified atom stereocenters. The minimum atomic E-state index is -0.186. The number of methoxy groups -OCH3 is 1. The van der Waals surface area contributed by atoms with Crippen molar-refractivity contribution in [3.8, 4) is 5.75 Å². The van der Waals surface area contributed by atoms with Crippen molar-refractivity contribution >= 4 is 11.9 Å². The molecule has 0 saturated heterocycles. The monoisotopic (exact) mass is 354 g/mol. The van der Waals surface area contributed by atoms with Crippen LogP contribution in [0.25, 0.3) is 0 Å². The first-order valence-corrected chi connectivity index (χ1v) is 9.26. The van der Waals surface area contributed by atoms with Gasteiger partial charge in [-0.25, -0.2) is 9.97 Å². The smallest absolute Gasteiger partial charge is 0.270 e. The van der Waals surface area contributed by atoms with Gasteiger partial charge in [0.15, 0.2) is 0 Å². The first-order valence-electron chi connectivity index (χ1n) is 9.26. The Kier molecular flexibility index (Phi) is 6.41.